The van der Waals surface area contributed by atoms with E-state index in [4.69, 9.17) is 10.5 Å². The van der Waals surface area contributed by atoms with Crippen molar-refractivity contribution in [1.82, 2.24) is 4.90 Å². The van der Waals surface area contributed by atoms with Crippen molar-refractivity contribution in [1.29, 1.82) is 0 Å². The smallest absolute Gasteiger partial charge is 0.239 e. The summed E-state index contributed by atoms with van der Waals surface area (Å²) < 4.78 is 31.7. The number of hydrogen-bond donors (Lipinski definition) is 1. The second-order valence-electron chi connectivity index (χ2n) is 5.99. The van der Waals surface area contributed by atoms with E-state index in [1.807, 2.05) is 13.8 Å². The Balaban J connectivity index is 1.87. The summed E-state index contributed by atoms with van der Waals surface area (Å²) in [6.45, 7) is 4.96. The second-order valence-corrected chi connectivity index (χ2v) is 5.99. The van der Waals surface area contributed by atoms with Crippen molar-refractivity contribution in [3.05, 3.63) is 29.8 Å². The highest BCUT2D eigenvalue weighted by Gasteiger charge is 2.28. The Hall–Kier alpha value is -1.69. The highest BCUT2D eigenvalue weighted by atomic mass is 19.2. The van der Waals surface area contributed by atoms with Crippen LogP contribution in [0.5, 0.6) is 5.75 Å². The van der Waals surface area contributed by atoms with Crippen LogP contribution in [0, 0.1) is 17.6 Å². The summed E-state index contributed by atoms with van der Waals surface area (Å²) in [6, 6.07) is 3.01. The third-order valence-corrected chi connectivity index (χ3v) is 3.95. The fourth-order valence-electron chi connectivity index (χ4n) is 2.43. The molecule has 0 bridgehead atoms. The van der Waals surface area contributed by atoms with E-state index in [2.05, 4.69) is 0 Å². The van der Waals surface area contributed by atoms with Crippen LogP contribution in [0.25, 0.3) is 0 Å². The molecule has 1 atom stereocenters. The van der Waals surface area contributed by atoms with Gasteiger partial charge in [-0.1, -0.05) is 13.8 Å². The number of hydrogen-bond acceptors (Lipinski definition) is 3. The Labute approximate surface area is 129 Å². The van der Waals surface area contributed by atoms with Gasteiger partial charge in [0, 0.05) is 32.0 Å². The van der Waals surface area contributed by atoms with Gasteiger partial charge in [-0.15, -0.1) is 0 Å². The van der Waals surface area contributed by atoms with E-state index in [1.54, 1.807) is 4.90 Å². The zero-order chi connectivity index (χ0) is 16.3. The van der Waals surface area contributed by atoms with Gasteiger partial charge in [0.1, 0.15) is 11.9 Å². The SMILES string of the molecule is CC(C)[C@H](N)C(=O)N1CCC(Oc2ccc(F)c(F)c2)CC1. The minimum Gasteiger partial charge on any atom is -0.490 e. The largest absolute Gasteiger partial charge is 0.490 e. The monoisotopic (exact) mass is 312 g/mol. The molecule has 1 aliphatic heterocycles. The minimum atomic E-state index is -0.923. The first-order valence-corrected chi connectivity index (χ1v) is 7.54. The van der Waals surface area contributed by atoms with Gasteiger partial charge in [-0.05, 0) is 18.1 Å². The number of carbonyl (C=O) groups is 1. The highest BCUT2D eigenvalue weighted by Crippen LogP contribution is 2.21. The molecule has 4 nitrogen and oxygen atoms in total. The van der Waals surface area contributed by atoms with Crippen LogP contribution in [0.4, 0.5) is 8.78 Å². The third-order valence-electron chi connectivity index (χ3n) is 3.95. The lowest BCUT2D eigenvalue weighted by Gasteiger charge is -2.34. The molecule has 1 aromatic carbocycles. The Morgan fingerprint density at radius 2 is 1.91 bits per heavy atom. The lowest BCUT2D eigenvalue weighted by Crippen LogP contribution is -2.50. The van der Waals surface area contributed by atoms with Crippen molar-refractivity contribution < 1.29 is 18.3 Å². The van der Waals surface area contributed by atoms with Crippen LogP contribution in [0.1, 0.15) is 26.7 Å². The van der Waals surface area contributed by atoms with Crippen molar-refractivity contribution in [2.45, 2.75) is 38.8 Å². The van der Waals surface area contributed by atoms with Crippen molar-refractivity contribution in [3.63, 3.8) is 0 Å². The van der Waals surface area contributed by atoms with Gasteiger partial charge >= 0.3 is 0 Å². The average molecular weight is 312 g/mol. The molecule has 1 heterocycles. The Kier molecular flexibility index (Phi) is 5.34. The number of ether oxygens (including phenoxy) is 1. The zero-order valence-electron chi connectivity index (χ0n) is 12.9. The number of rotatable bonds is 4. The van der Waals surface area contributed by atoms with Gasteiger partial charge in [-0.3, -0.25) is 4.79 Å². The summed E-state index contributed by atoms with van der Waals surface area (Å²) in [5.41, 5.74) is 5.88. The summed E-state index contributed by atoms with van der Waals surface area (Å²) in [6.07, 6.45) is 1.19. The second kappa shape index (κ2) is 7.05. The Morgan fingerprint density at radius 1 is 1.27 bits per heavy atom. The third kappa shape index (κ3) is 3.94. The average Bonchev–Trinajstić information content (AvgIpc) is 2.50. The van der Waals surface area contributed by atoms with Crippen LogP contribution in [0.15, 0.2) is 18.2 Å². The summed E-state index contributed by atoms with van der Waals surface area (Å²) in [5, 5.41) is 0. The lowest BCUT2D eigenvalue weighted by molar-refractivity contribution is -0.135. The van der Waals surface area contributed by atoms with E-state index < -0.39 is 17.7 Å². The van der Waals surface area contributed by atoms with Crippen molar-refractivity contribution in [3.8, 4) is 5.75 Å². The van der Waals surface area contributed by atoms with Gasteiger partial charge < -0.3 is 15.4 Å². The Bertz CT molecular complexity index is 529. The van der Waals surface area contributed by atoms with E-state index >= 15 is 0 Å². The summed E-state index contributed by atoms with van der Waals surface area (Å²) in [7, 11) is 0. The molecule has 0 radical (unpaired) electrons. The Morgan fingerprint density at radius 3 is 2.45 bits per heavy atom. The van der Waals surface area contributed by atoms with Gasteiger partial charge in [-0.25, -0.2) is 8.78 Å². The number of piperidine rings is 1. The van der Waals surface area contributed by atoms with Crippen LogP contribution >= 0.6 is 0 Å². The maximum atomic E-state index is 13.1. The van der Waals surface area contributed by atoms with E-state index in [0.29, 0.717) is 31.7 Å². The molecule has 1 amide bonds. The van der Waals surface area contributed by atoms with Crippen LogP contribution in [0.3, 0.4) is 0 Å². The molecule has 22 heavy (non-hydrogen) atoms. The van der Waals surface area contributed by atoms with Gasteiger partial charge in [0.2, 0.25) is 5.91 Å². The molecule has 0 aromatic heterocycles. The number of likely N-dealkylation sites (tertiary alicyclic amines) is 1. The normalized spacial score (nSPS) is 17.6. The summed E-state index contributed by atoms with van der Waals surface area (Å²) >= 11 is 0. The number of carbonyl (C=O) groups excluding carboxylic acids is 1. The predicted octanol–water partition coefficient (Wildman–Crippen LogP) is 2.32. The van der Waals surface area contributed by atoms with Crippen molar-refractivity contribution >= 4 is 5.91 Å². The molecule has 2 N–H and O–H groups in total. The standard InChI is InChI=1S/C16H22F2N2O2/c1-10(2)15(19)16(21)20-7-5-11(6-8-20)22-12-3-4-13(17)14(18)9-12/h3-4,9-11,15H,5-8,19H2,1-2H3/t15-/m0/s1. The van der Waals surface area contributed by atoms with Crippen LogP contribution in [0.2, 0.25) is 0 Å². The number of halogens is 2. The lowest BCUT2D eigenvalue weighted by atomic mass is 10.0. The molecular formula is C16H22F2N2O2. The molecule has 0 aliphatic carbocycles. The highest BCUT2D eigenvalue weighted by molar-refractivity contribution is 5.82. The summed E-state index contributed by atoms with van der Waals surface area (Å²) in [4.78, 5) is 13.9. The van der Waals surface area contributed by atoms with E-state index in [9.17, 15) is 13.6 Å². The predicted molar refractivity (Wildman–Crippen MR) is 79.4 cm³/mol. The fraction of sp³-hybridized carbons (Fsp3) is 0.562. The number of amides is 1. The molecule has 1 aliphatic rings. The van der Waals surface area contributed by atoms with Crippen LogP contribution in [-0.4, -0.2) is 36.0 Å². The van der Waals surface area contributed by atoms with Gasteiger partial charge in [0.25, 0.3) is 0 Å². The van der Waals surface area contributed by atoms with Crippen molar-refractivity contribution in [2.75, 3.05) is 13.1 Å². The van der Waals surface area contributed by atoms with E-state index in [0.717, 1.165) is 12.1 Å². The minimum absolute atomic E-state index is 0.0405. The first kappa shape index (κ1) is 16.7. The summed E-state index contributed by atoms with van der Waals surface area (Å²) in [5.74, 6) is -1.45. The van der Waals surface area contributed by atoms with Gasteiger partial charge in [0.05, 0.1) is 6.04 Å². The maximum absolute atomic E-state index is 13.1. The molecule has 6 heteroatoms. The molecular weight excluding hydrogens is 290 g/mol. The van der Waals surface area contributed by atoms with E-state index in [-0.39, 0.29) is 17.9 Å². The van der Waals surface area contributed by atoms with Crippen LogP contribution in [-0.2, 0) is 4.79 Å². The number of nitrogens with two attached hydrogens (primary N) is 1. The molecule has 2 rings (SSSR count). The first-order valence-electron chi connectivity index (χ1n) is 7.54. The molecule has 122 valence electrons. The molecule has 1 saturated heterocycles. The van der Waals surface area contributed by atoms with E-state index in [1.165, 1.54) is 6.07 Å². The van der Waals surface area contributed by atoms with Gasteiger partial charge in [-0.2, -0.15) is 0 Å². The number of nitrogens with zero attached hydrogens (tertiary/aromatic N) is 1. The molecule has 0 spiro atoms. The number of benzene rings is 1. The molecule has 0 saturated carbocycles. The zero-order valence-corrected chi connectivity index (χ0v) is 12.9. The van der Waals surface area contributed by atoms with Crippen LogP contribution < -0.4 is 10.5 Å². The quantitative estimate of drug-likeness (QED) is 0.928. The fourth-order valence-corrected chi connectivity index (χ4v) is 2.43. The molecule has 1 aromatic rings. The van der Waals surface area contributed by atoms with Gasteiger partial charge in [0.15, 0.2) is 11.6 Å². The topological polar surface area (TPSA) is 55.6 Å². The maximum Gasteiger partial charge on any atom is 0.239 e. The molecule has 1 fully saturated rings. The van der Waals surface area contributed by atoms with Crippen molar-refractivity contribution in [2.24, 2.45) is 11.7 Å². The molecule has 0 unspecified atom stereocenters. The first-order chi connectivity index (χ1) is 10.4.